The van der Waals surface area contributed by atoms with E-state index in [2.05, 4.69) is 62.0 Å². The van der Waals surface area contributed by atoms with Gasteiger partial charge in [-0.15, -0.1) is 0 Å². The molecule has 0 radical (unpaired) electrons. The van der Waals surface area contributed by atoms with Crippen LogP contribution in [0.15, 0.2) is 36.5 Å². The highest BCUT2D eigenvalue weighted by molar-refractivity contribution is 6.07. The fraction of sp³-hybridized carbons (Fsp3) is 0.387. The first-order chi connectivity index (χ1) is 16.1. The van der Waals surface area contributed by atoms with Crippen molar-refractivity contribution in [1.29, 1.82) is 0 Å². The van der Waals surface area contributed by atoms with Gasteiger partial charge in [0.05, 0.1) is 10.9 Å². The van der Waals surface area contributed by atoms with Crippen molar-refractivity contribution in [3.8, 4) is 22.8 Å². The monoisotopic (exact) mass is 434 g/mol. The fourth-order valence-electron chi connectivity index (χ4n) is 6.92. The summed E-state index contributed by atoms with van der Waals surface area (Å²) in [5.74, 6) is 2.79. The van der Waals surface area contributed by atoms with Crippen LogP contribution in [0.5, 0.6) is 11.5 Å². The zero-order chi connectivity index (χ0) is 22.3. The van der Waals surface area contributed by atoms with E-state index < -0.39 is 0 Å². The Morgan fingerprint density at radius 2 is 1.58 bits per heavy atom. The highest BCUT2D eigenvalue weighted by Gasteiger charge is 2.33. The Hall–Kier alpha value is -2.87. The standard InChI is InChI=1S/C31H32NO/c1-18-25-15-21-10-7-11-22(21)16-26(25)19(2)31-28(18)30-29-23(12-13-32(30)3)14-24(17-27(29)33-31)20-8-5-4-6-9-20/h12-17,20H,4-11H2,1-3H3/q+1. The number of pyridine rings is 1. The molecule has 0 amide bonds. The molecule has 7 rings (SSSR count). The van der Waals surface area contributed by atoms with Crippen LogP contribution < -0.4 is 9.30 Å². The minimum atomic E-state index is 0.670. The summed E-state index contributed by atoms with van der Waals surface area (Å²) in [6.45, 7) is 4.56. The number of rotatable bonds is 1. The number of benzene rings is 3. The molecule has 1 aliphatic heterocycles. The summed E-state index contributed by atoms with van der Waals surface area (Å²) < 4.78 is 9.17. The van der Waals surface area contributed by atoms with Crippen molar-refractivity contribution < 1.29 is 9.30 Å². The van der Waals surface area contributed by atoms with Crippen LogP contribution in [0, 0.1) is 13.8 Å². The van der Waals surface area contributed by atoms with Gasteiger partial charge in [-0.1, -0.05) is 37.5 Å². The zero-order valence-corrected chi connectivity index (χ0v) is 20.1. The zero-order valence-electron chi connectivity index (χ0n) is 20.1. The van der Waals surface area contributed by atoms with Crippen LogP contribution in [0.4, 0.5) is 0 Å². The summed E-state index contributed by atoms with van der Waals surface area (Å²) in [4.78, 5) is 0. The minimum Gasteiger partial charge on any atom is -0.455 e. The highest BCUT2D eigenvalue weighted by atomic mass is 16.5. The Balaban J connectivity index is 1.53. The third-order valence-electron chi connectivity index (χ3n) is 8.73. The van der Waals surface area contributed by atoms with Gasteiger partial charge in [-0.2, -0.15) is 0 Å². The van der Waals surface area contributed by atoms with Crippen molar-refractivity contribution in [2.75, 3.05) is 0 Å². The molecule has 2 aliphatic carbocycles. The lowest BCUT2D eigenvalue weighted by molar-refractivity contribution is -0.659. The first-order valence-electron chi connectivity index (χ1n) is 12.8. The van der Waals surface area contributed by atoms with Crippen LogP contribution in [0.1, 0.15) is 72.3 Å². The van der Waals surface area contributed by atoms with Gasteiger partial charge in [-0.3, -0.25) is 0 Å². The van der Waals surface area contributed by atoms with Gasteiger partial charge in [0.2, 0.25) is 5.69 Å². The van der Waals surface area contributed by atoms with Crippen LogP contribution in [-0.2, 0) is 19.9 Å². The number of nitrogens with zero attached hydrogens (tertiary/aromatic N) is 1. The molecule has 0 unspecified atom stereocenters. The molecular weight excluding hydrogens is 402 g/mol. The topological polar surface area (TPSA) is 13.1 Å². The molecule has 166 valence electrons. The van der Waals surface area contributed by atoms with Crippen LogP contribution in [-0.4, -0.2) is 0 Å². The lowest BCUT2D eigenvalue weighted by Crippen LogP contribution is -2.32. The lowest BCUT2D eigenvalue weighted by atomic mass is 9.82. The Morgan fingerprint density at radius 1 is 0.848 bits per heavy atom. The van der Waals surface area contributed by atoms with Crippen molar-refractivity contribution in [3.63, 3.8) is 0 Å². The highest BCUT2D eigenvalue weighted by Crippen LogP contribution is 2.51. The molecule has 33 heavy (non-hydrogen) atoms. The van der Waals surface area contributed by atoms with Gasteiger partial charge >= 0.3 is 0 Å². The molecule has 1 saturated carbocycles. The lowest BCUT2D eigenvalue weighted by Gasteiger charge is -2.27. The van der Waals surface area contributed by atoms with E-state index in [0.717, 1.165) is 11.5 Å². The molecule has 0 saturated heterocycles. The second-order valence-electron chi connectivity index (χ2n) is 10.7. The molecule has 3 aliphatic rings. The van der Waals surface area contributed by atoms with E-state index in [1.54, 1.807) is 5.56 Å². The van der Waals surface area contributed by atoms with E-state index in [-0.39, 0.29) is 0 Å². The summed E-state index contributed by atoms with van der Waals surface area (Å²) in [7, 11) is 2.18. The molecule has 1 aromatic heterocycles. The average molecular weight is 435 g/mol. The largest absolute Gasteiger partial charge is 0.455 e. The molecule has 3 aromatic carbocycles. The van der Waals surface area contributed by atoms with Crippen molar-refractivity contribution in [1.82, 2.24) is 0 Å². The van der Waals surface area contributed by atoms with Crippen molar-refractivity contribution in [2.45, 2.75) is 71.1 Å². The molecule has 0 spiro atoms. The van der Waals surface area contributed by atoms with E-state index in [1.165, 1.54) is 106 Å². The maximum Gasteiger partial charge on any atom is 0.228 e. The first-order valence-corrected chi connectivity index (χ1v) is 12.8. The van der Waals surface area contributed by atoms with E-state index in [1.807, 2.05) is 0 Å². The van der Waals surface area contributed by atoms with Crippen LogP contribution in [0.3, 0.4) is 0 Å². The van der Waals surface area contributed by atoms with E-state index >= 15 is 0 Å². The molecule has 0 atom stereocenters. The van der Waals surface area contributed by atoms with Gasteiger partial charge in [-0.05, 0) is 96.3 Å². The number of ether oxygens (including phenoxy) is 1. The maximum atomic E-state index is 6.86. The van der Waals surface area contributed by atoms with Crippen LogP contribution >= 0.6 is 0 Å². The van der Waals surface area contributed by atoms with E-state index in [0.29, 0.717) is 5.92 Å². The number of aryl methyl sites for hydroxylation is 5. The molecule has 0 bridgehead atoms. The third kappa shape index (κ3) is 2.76. The minimum absolute atomic E-state index is 0.670. The Morgan fingerprint density at radius 3 is 2.33 bits per heavy atom. The molecular formula is C31H32NO+. The predicted octanol–water partition coefficient (Wildman–Crippen LogP) is 7.74. The van der Waals surface area contributed by atoms with Gasteiger partial charge in [0, 0.05) is 11.6 Å². The van der Waals surface area contributed by atoms with Gasteiger partial charge in [0.15, 0.2) is 6.20 Å². The van der Waals surface area contributed by atoms with Gasteiger partial charge in [-0.25, -0.2) is 4.57 Å². The summed E-state index contributed by atoms with van der Waals surface area (Å²) in [6, 6.07) is 12.0. The third-order valence-corrected chi connectivity index (χ3v) is 8.73. The Labute approximate surface area is 196 Å². The number of hydrogen-bond acceptors (Lipinski definition) is 1. The molecule has 2 heteroatoms. The molecule has 4 aromatic rings. The van der Waals surface area contributed by atoms with Crippen molar-refractivity contribution >= 4 is 21.5 Å². The quantitative estimate of drug-likeness (QED) is 0.246. The van der Waals surface area contributed by atoms with E-state index in [4.69, 9.17) is 4.74 Å². The van der Waals surface area contributed by atoms with E-state index in [9.17, 15) is 0 Å². The van der Waals surface area contributed by atoms with Gasteiger partial charge < -0.3 is 4.74 Å². The second-order valence-corrected chi connectivity index (χ2v) is 10.7. The molecule has 1 fully saturated rings. The summed E-state index contributed by atoms with van der Waals surface area (Å²) in [6.07, 6.45) is 12.7. The van der Waals surface area contributed by atoms with Gasteiger partial charge in [0.1, 0.15) is 18.5 Å². The first kappa shape index (κ1) is 19.6. The smallest absolute Gasteiger partial charge is 0.228 e. The Kier molecular flexibility index (Phi) is 4.19. The SMILES string of the molecule is Cc1c2c(c(C)c3cc4c(cc13)CCC4)-c1c3c(cc(C4CCCCC4)cc3cc[n+]1C)O2. The molecule has 2 heterocycles. The maximum absolute atomic E-state index is 6.86. The second kappa shape index (κ2) is 7.06. The fourth-order valence-corrected chi connectivity index (χ4v) is 6.92. The average Bonchev–Trinajstić information content (AvgIpc) is 3.31. The molecule has 2 nitrogen and oxygen atoms in total. The Bertz CT molecular complexity index is 1470. The van der Waals surface area contributed by atoms with Gasteiger partial charge in [0.25, 0.3) is 0 Å². The van der Waals surface area contributed by atoms with Crippen molar-refractivity contribution in [3.05, 3.63) is 64.3 Å². The number of hydrogen-bond donors (Lipinski definition) is 0. The number of aromatic nitrogens is 1. The van der Waals surface area contributed by atoms with Crippen LogP contribution in [0.2, 0.25) is 0 Å². The summed E-state index contributed by atoms with van der Waals surface area (Å²) in [5, 5.41) is 5.36. The van der Waals surface area contributed by atoms with Crippen LogP contribution in [0.25, 0.3) is 32.8 Å². The summed E-state index contributed by atoms with van der Waals surface area (Å²) >= 11 is 0. The molecule has 0 N–H and O–H groups in total. The summed E-state index contributed by atoms with van der Waals surface area (Å²) in [5.41, 5.74) is 9.77. The number of fused-ring (bicyclic) bond motifs is 4. The predicted molar refractivity (Wildman–Crippen MR) is 135 cm³/mol. The normalized spacial score (nSPS) is 17.3. The van der Waals surface area contributed by atoms with Crippen molar-refractivity contribution in [2.24, 2.45) is 7.05 Å².